The fraction of sp³-hybridized carbons (Fsp3) is 0.222. The van der Waals surface area contributed by atoms with Gasteiger partial charge in [-0.3, -0.25) is 0 Å². The summed E-state index contributed by atoms with van der Waals surface area (Å²) in [5, 5.41) is 11.9. The van der Waals surface area contributed by atoms with Gasteiger partial charge < -0.3 is 21.4 Å². The molecule has 0 atom stereocenters. The highest BCUT2D eigenvalue weighted by atomic mass is 35.5. The van der Waals surface area contributed by atoms with Crippen LogP contribution in [0.4, 0.5) is 5.69 Å². The minimum atomic E-state index is -0.0324. The summed E-state index contributed by atoms with van der Waals surface area (Å²) in [5.74, 6) is 0.530. The molecule has 0 unspecified atom stereocenters. The summed E-state index contributed by atoms with van der Waals surface area (Å²) < 4.78 is 5.38. The summed E-state index contributed by atoms with van der Waals surface area (Å²) in [6.07, 6.45) is 0.688. The number of hydrogen-bond donors (Lipinski definition) is 3. The molecule has 5 N–H and O–H groups in total. The molecule has 1 heterocycles. The van der Waals surface area contributed by atoms with Crippen molar-refractivity contribution in [1.82, 2.24) is 0 Å². The Morgan fingerprint density at radius 1 is 1.60 bits per heavy atom. The summed E-state index contributed by atoms with van der Waals surface area (Å²) in [6, 6.07) is 1.54. The van der Waals surface area contributed by atoms with Gasteiger partial charge in [-0.2, -0.15) is 0 Å². The molecule has 6 heteroatoms. The number of ether oxygens (including phenoxy) is 1. The van der Waals surface area contributed by atoms with E-state index >= 15 is 0 Å². The summed E-state index contributed by atoms with van der Waals surface area (Å²) in [5.41, 5.74) is 13.1. The van der Waals surface area contributed by atoms with Gasteiger partial charge in [0.05, 0.1) is 22.9 Å². The Morgan fingerprint density at radius 3 is 3.00 bits per heavy atom. The zero-order valence-electron chi connectivity index (χ0n) is 7.83. The van der Waals surface area contributed by atoms with Crippen LogP contribution < -0.4 is 16.2 Å². The first kappa shape index (κ1) is 9.92. The highest BCUT2D eigenvalue weighted by Gasteiger charge is 2.23. The van der Waals surface area contributed by atoms with E-state index < -0.39 is 0 Å². The first-order chi connectivity index (χ1) is 7.15. The van der Waals surface area contributed by atoms with Crippen LogP contribution in [-0.4, -0.2) is 17.6 Å². The van der Waals surface area contributed by atoms with Gasteiger partial charge in [0.2, 0.25) is 0 Å². The van der Waals surface area contributed by atoms with E-state index in [1.807, 2.05) is 0 Å². The third kappa shape index (κ3) is 1.45. The fourth-order valence-electron chi connectivity index (χ4n) is 1.61. The lowest BCUT2D eigenvalue weighted by Gasteiger charge is -2.09. The van der Waals surface area contributed by atoms with E-state index in [-0.39, 0.29) is 5.84 Å². The Hall–Kier alpha value is -1.62. The number of amidine groups is 1. The molecule has 0 spiro atoms. The van der Waals surface area contributed by atoms with Crippen LogP contribution in [0.15, 0.2) is 11.2 Å². The van der Waals surface area contributed by atoms with E-state index in [0.717, 1.165) is 5.56 Å². The monoisotopic (exact) mass is 227 g/mol. The third-order valence-corrected chi connectivity index (χ3v) is 2.67. The maximum atomic E-state index is 8.61. The van der Waals surface area contributed by atoms with Crippen molar-refractivity contribution in [2.75, 3.05) is 12.3 Å². The first-order valence-corrected chi connectivity index (χ1v) is 4.74. The number of halogens is 1. The topological polar surface area (TPSA) is 93.9 Å². The molecule has 2 rings (SSSR count). The molecule has 80 valence electrons. The van der Waals surface area contributed by atoms with Crippen molar-refractivity contribution in [2.24, 2.45) is 10.9 Å². The molecular formula is C9H10ClN3O2. The zero-order valence-corrected chi connectivity index (χ0v) is 8.58. The van der Waals surface area contributed by atoms with Crippen LogP contribution in [0.3, 0.4) is 0 Å². The van der Waals surface area contributed by atoms with E-state index in [2.05, 4.69) is 5.16 Å². The summed E-state index contributed by atoms with van der Waals surface area (Å²) in [6.45, 7) is 0.533. The van der Waals surface area contributed by atoms with Crippen LogP contribution in [0.1, 0.15) is 11.1 Å². The molecule has 0 bridgehead atoms. The molecule has 1 aromatic rings. The molecule has 0 fully saturated rings. The average molecular weight is 228 g/mol. The van der Waals surface area contributed by atoms with Gasteiger partial charge >= 0.3 is 0 Å². The van der Waals surface area contributed by atoms with Crippen molar-refractivity contribution < 1.29 is 9.94 Å². The van der Waals surface area contributed by atoms with Crippen molar-refractivity contribution in [3.05, 3.63) is 22.2 Å². The molecule has 0 aliphatic carbocycles. The van der Waals surface area contributed by atoms with Crippen molar-refractivity contribution in [1.29, 1.82) is 0 Å². The summed E-state index contributed by atoms with van der Waals surface area (Å²) in [4.78, 5) is 0. The number of hydrogen-bond acceptors (Lipinski definition) is 4. The molecule has 1 aromatic carbocycles. The second kappa shape index (κ2) is 3.51. The lowest BCUT2D eigenvalue weighted by molar-refractivity contribution is 0.317. The van der Waals surface area contributed by atoms with Gasteiger partial charge in [0.25, 0.3) is 0 Å². The van der Waals surface area contributed by atoms with E-state index in [1.165, 1.54) is 6.07 Å². The zero-order chi connectivity index (χ0) is 11.0. The normalized spacial score (nSPS) is 14.9. The minimum absolute atomic E-state index is 0.0324. The molecular weight excluding hydrogens is 218 g/mol. The van der Waals surface area contributed by atoms with Gasteiger partial charge in [0, 0.05) is 12.0 Å². The Kier molecular flexibility index (Phi) is 2.32. The molecule has 1 aliphatic heterocycles. The second-order valence-electron chi connectivity index (χ2n) is 3.21. The van der Waals surface area contributed by atoms with E-state index in [0.29, 0.717) is 35.1 Å². The SMILES string of the molecule is N/C(=N\O)c1cc(Cl)c(N)c2c1OCC2. The molecule has 0 saturated heterocycles. The number of fused-ring (bicyclic) bond motifs is 1. The number of nitrogens with two attached hydrogens (primary N) is 2. The molecule has 1 aliphatic rings. The maximum absolute atomic E-state index is 8.61. The van der Waals surface area contributed by atoms with Crippen LogP contribution in [0, 0.1) is 0 Å². The van der Waals surface area contributed by atoms with Crippen LogP contribution in [0.2, 0.25) is 5.02 Å². The van der Waals surface area contributed by atoms with Crippen LogP contribution in [0.5, 0.6) is 5.75 Å². The van der Waals surface area contributed by atoms with Gasteiger partial charge in [0.15, 0.2) is 5.84 Å². The quantitative estimate of drug-likeness (QED) is 0.219. The Bertz CT molecular complexity index is 445. The van der Waals surface area contributed by atoms with E-state index in [1.54, 1.807) is 0 Å². The standard InChI is InChI=1S/C9H10ClN3O2/c10-6-3-5(9(12)13-14)8-4(7(6)11)1-2-15-8/h3,14H,1-2,11H2,(H2,12,13). The number of nitrogens with zero attached hydrogens (tertiary/aromatic N) is 1. The molecule has 0 radical (unpaired) electrons. The molecule has 0 aromatic heterocycles. The summed E-state index contributed by atoms with van der Waals surface area (Å²) >= 11 is 5.93. The van der Waals surface area contributed by atoms with Crippen molar-refractivity contribution in [3.63, 3.8) is 0 Å². The number of benzene rings is 1. The van der Waals surface area contributed by atoms with Crippen molar-refractivity contribution >= 4 is 23.1 Å². The van der Waals surface area contributed by atoms with Gasteiger partial charge in [0.1, 0.15) is 5.75 Å². The first-order valence-electron chi connectivity index (χ1n) is 4.36. The van der Waals surface area contributed by atoms with Gasteiger partial charge in [-0.25, -0.2) is 0 Å². The molecule has 5 nitrogen and oxygen atoms in total. The second-order valence-corrected chi connectivity index (χ2v) is 3.62. The van der Waals surface area contributed by atoms with E-state index in [9.17, 15) is 0 Å². The van der Waals surface area contributed by atoms with E-state index in [4.69, 9.17) is 33.0 Å². The van der Waals surface area contributed by atoms with Gasteiger partial charge in [-0.15, -0.1) is 0 Å². The van der Waals surface area contributed by atoms with Gasteiger partial charge in [-0.1, -0.05) is 16.8 Å². The maximum Gasteiger partial charge on any atom is 0.173 e. The molecule has 15 heavy (non-hydrogen) atoms. The lowest BCUT2D eigenvalue weighted by atomic mass is 10.1. The lowest BCUT2D eigenvalue weighted by Crippen LogP contribution is -2.14. The van der Waals surface area contributed by atoms with Crippen LogP contribution in [-0.2, 0) is 6.42 Å². The predicted octanol–water partition coefficient (Wildman–Crippen LogP) is 0.952. The van der Waals surface area contributed by atoms with Gasteiger partial charge in [-0.05, 0) is 6.07 Å². The number of nitrogen functional groups attached to an aromatic ring is 1. The predicted molar refractivity (Wildman–Crippen MR) is 57.6 cm³/mol. The Labute approximate surface area is 91.3 Å². The van der Waals surface area contributed by atoms with Crippen LogP contribution >= 0.6 is 11.6 Å². The Morgan fingerprint density at radius 2 is 2.33 bits per heavy atom. The number of oxime groups is 1. The third-order valence-electron chi connectivity index (χ3n) is 2.35. The van der Waals surface area contributed by atoms with Crippen molar-refractivity contribution in [2.45, 2.75) is 6.42 Å². The fourth-order valence-corrected chi connectivity index (χ4v) is 1.83. The smallest absolute Gasteiger partial charge is 0.173 e. The minimum Gasteiger partial charge on any atom is -0.492 e. The van der Waals surface area contributed by atoms with Crippen molar-refractivity contribution in [3.8, 4) is 5.75 Å². The number of rotatable bonds is 1. The van der Waals surface area contributed by atoms with Crippen LogP contribution in [0.25, 0.3) is 0 Å². The average Bonchev–Trinajstić information content (AvgIpc) is 2.71. The Balaban J connectivity index is 2.67. The summed E-state index contributed by atoms with van der Waals surface area (Å²) in [7, 11) is 0. The largest absolute Gasteiger partial charge is 0.492 e. The highest BCUT2D eigenvalue weighted by molar-refractivity contribution is 6.33. The number of anilines is 1. The molecule has 0 saturated carbocycles. The molecule has 0 amide bonds. The highest BCUT2D eigenvalue weighted by Crippen LogP contribution is 2.38.